The largest absolute Gasteiger partial charge is 0.490 e. The van der Waals surface area contributed by atoms with Crippen LogP contribution in [0.15, 0.2) is 48.5 Å². The predicted molar refractivity (Wildman–Crippen MR) is 91.6 cm³/mol. The van der Waals surface area contributed by atoms with Gasteiger partial charge < -0.3 is 20.3 Å². The van der Waals surface area contributed by atoms with Crippen LogP contribution in [0.5, 0.6) is 11.5 Å². The lowest BCUT2D eigenvalue weighted by Crippen LogP contribution is -2.11. The third kappa shape index (κ3) is 5.27. The Balaban J connectivity index is 2.09. The van der Waals surface area contributed by atoms with Crippen LogP contribution in [0.2, 0.25) is 0 Å². The zero-order valence-corrected chi connectivity index (χ0v) is 13.6. The van der Waals surface area contributed by atoms with Crippen molar-refractivity contribution in [2.75, 3.05) is 13.2 Å². The van der Waals surface area contributed by atoms with Crippen molar-refractivity contribution in [1.82, 2.24) is 0 Å². The second-order valence-corrected chi connectivity index (χ2v) is 5.39. The molecule has 0 aliphatic heterocycles. The molecular weight excluding hydrogens is 290 g/mol. The van der Waals surface area contributed by atoms with Crippen LogP contribution in [0.25, 0.3) is 0 Å². The van der Waals surface area contributed by atoms with E-state index in [0.717, 1.165) is 17.5 Å². The Morgan fingerprint density at radius 3 is 2.52 bits per heavy atom. The number of rotatable bonds is 9. The van der Waals surface area contributed by atoms with E-state index in [1.807, 2.05) is 55.5 Å². The maximum atomic E-state index is 8.92. The molecule has 0 saturated heterocycles. The van der Waals surface area contributed by atoms with Gasteiger partial charge in [0.1, 0.15) is 6.61 Å². The summed E-state index contributed by atoms with van der Waals surface area (Å²) in [5.74, 6) is 1.43. The summed E-state index contributed by atoms with van der Waals surface area (Å²) in [6.07, 6.45) is 1.43. The highest BCUT2D eigenvalue weighted by molar-refractivity contribution is 5.44. The Morgan fingerprint density at radius 1 is 1.04 bits per heavy atom. The second-order valence-electron chi connectivity index (χ2n) is 5.39. The third-order valence-corrected chi connectivity index (χ3v) is 3.61. The molecule has 2 rings (SSSR count). The molecule has 0 aliphatic rings. The van der Waals surface area contributed by atoms with Crippen LogP contribution in [-0.4, -0.2) is 18.3 Å². The number of aliphatic hydroxyl groups is 1. The summed E-state index contributed by atoms with van der Waals surface area (Å²) in [6.45, 7) is 3.16. The summed E-state index contributed by atoms with van der Waals surface area (Å²) in [5, 5.41) is 8.92. The van der Waals surface area contributed by atoms with E-state index in [0.29, 0.717) is 31.1 Å². The van der Waals surface area contributed by atoms with Gasteiger partial charge in [-0.05, 0) is 43.0 Å². The van der Waals surface area contributed by atoms with Crippen LogP contribution in [0, 0.1) is 0 Å². The van der Waals surface area contributed by atoms with Crippen LogP contribution in [0.1, 0.15) is 36.9 Å². The highest BCUT2D eigenvalue weighted by atomic mass is 16.5. The molecule has 0 aliphatic carbocycles. The first kappa shape index (κ1) is 17.3. The van der Waals surface area contributed by atoms with Crippen molar-refractivity contribution in [3.05, 3.63) is 59.7 Å². The van der Waals surface area contributed by atoms with Gasteiger partial charge in [0, 0.05) is 12.6 Å². The normalized spacial score (nSPS) is 12.0. The van der Waals surface area contributed by atoms with Crippen LogP contribution in [0.3, 0.4) is 0 Å². The summed E-state index contributed by atoms with van der Waals surface area (Å²) in [7, 11) is 0. The van der Waals surface area contributed by atoms with Gasteiger partial charge >= 0.3 is 0 Å². The molecule has 0 heterocycles. The van der Waals surface area contributed by atoms with Crippen molar-refractivity contribution in [1.29, 1.82) is 0 Å². The van der Waals surface area contributed by atoms with Gasteiger partial charge in [0.15, 0.2) is 11.5 Å². The van der Waals surface area contributed by atoms with E-state index in [1.54, 1.807) is 0 Å². The SMILES string of the molecule is CCOc1cc([C@@H](N)CCCO)ccc1OCc1ccccc1. The quantitative estimate of drug-likeness (QED) is 0.744. The molecule has 2 aromatic rings. The fraction of sp³-hybridized carbons (Fsp3) is 0.368. The van der Waals surface area contributed by atoms with Gasteiger partial charge in [0.25, 0.3) is 0 Å². The first-order valence-electron chi connectivity index (χ1n) is 8.04. The zero-order chi connectivity index (χ0) is 16.5. The van der Waals surface area contributed by atoms with Crippen LogP contribution in [0.4, 0.5) is 0 Å². The van der Waals surface area contributed by atoms with E-state index in [9.17, 15) is 0 Å². The molecule has 0 bridgehead atoms. The predicted octanol–water partition coefficient (Wildman–Crippen LogP) is 3.44. The van der Waals surface area contributed by atoms with Crippen molar-refractivity contribution in [2.24, 2.45) is 5.73 Å². The number of ether oxygens (including phenoxy) is 2. The molecule has 1 atom stereocenters. The van der Waals surface area contributed by atoms with E-state index < -0.39 is 0 Å². The Bertz CT molecular complexity index is 586. The molecule has 0 fully saturated rings. The molecule has 0 amide bonds. The molecule has 4 nitrogen and oxygen atoms in total. The average molecular weight is 315 g/mol. The molecule has 0 unspecified atom stereocenters. The molecule has 124 valence electrons. The monoisotopic (exact) mass is 315 g/mol. The van der Waals surface area contributed by atoms with Gasteiger partial charge in [-0.2, -0.15) is 0 Å². The molecule has 0 spiro atoms. The summed E-state index contributed by atoms with van der Waals surface area (Å²) < 4.78 is 11.6. The van der Waals surface area contributed by atoms with Crippen molar-refractivity contribution >= 4 is 0 Å². The maximum Gasteiger partial charge on any atom is 0.161 e. The lowest BCUT2D eigenvalue weighted by molar-refractivity contribution is 0.268. The zero-order valence-electron chi connectivity index (χ0n) is 13.6. The highest BCUT2D eigenvalue weighted by Crippen LogP contribution is 2.31. The molecule has 3 N–H and O–H groups in total. The fourth-order valence-corrected chi connectivity index (χ4v) is 2.36. The van der Waals surface area contributed by atoms with Gasteiger partial charge in [0.05, 0.1) is 6.61 Å². The van der Waals surface area contributed by atoms with Crippen LogP contribution < -0.4 is 15.2 Å². The third-order valence-electron chi connectivity index (χ3n) is 3.61. The Morgan fingerprint density at radius 2 is 1.83 bits per heavy atom. The minimum atomic E-state index is -0.107. The number of hydrogen-bond acceptors (Lipinski definition) is 4. The standard InChI is InChI=1S/C19H25NO3/c1-2-22-19-13-16(17(20)9-6-12-21)10-11-18(19)23-14-15-7-4-3-5-8-15/h3-5,7-8,10-11,13,17,21H,2,6,9,12,14,20H2,1H3/t17-/m0/s1. The minimum Gasteiger partial charge on any atom is -0.490 e. The summed E-state index contributed by atoms with van der Waals surface area (Å²) in [4.78, 5) is 0. The molecule has 23 heavy (non-hydrogen) atoms. The first-order valence-corrected chi connectivity index (χ1v) is 8.04. The average Bonchev–Trinajstić information content (AvgIpc) is 2.59. The van der Waals surface area contributed by atoms with Gasteiger partial charge in [-0.1, -0.05) is 36.4 Å². The summed E-state index contributed by atoms with van der Waals surface area (Å²) in [6, 6.07) is 15.7. The van der Waals surface area contributed by atoms with E-state index in [4.69, 9.17) is 20.3 Å². The Labute approximate surface area is 137 Å². The molecule has 0 saturated carbocycles. The molecule has 0 radical (unpaired) electrons. The first-order chi connectivity index (χ1) is 11.2. The topological polar surface area (TPSA) is 64.7 Å². The van der Waals surface area contributed by atoms with Crippen molar-refractivity contribution in [2.45, 2.75) is 32.4 Å². The highest BCUT2D eigenvalue weighted by Gasteiger charge is 2.11. The number of nitrogens with two attached hydrogens (primary N) is 1. The Kier molecular flexibility index (Phi) is 6.91. The summed E-state index contributed by atoms with van der Waals surface area (Å²) in [5.41, 5.74) is 8.26. The van der Waals surface area contributed by atoms with Gasteiger partial charge in [-0.3, -0.25) is 0 Å². The lowest BCUT2D eigenvalue weighted by atomic mass is 10.0. The van der Waals surface area contributed by atoms with Crippen molar-refractivity contribution in [3.63, 3.8) is 0 Å². The number of hydrogen-bond donors (Lipinski definition) is 2. The van der Waals surface area contributed by atoms with Crippen molar-refractivity contribution < 1.29 is 14.6 Å². The van der Waals surface area contributed by atoms with Gasteiger partial charge in [-0.15, -0.1) is 0 Å². The second kappa shape index (κ2) is 9.18. The van der Waals surface area contributed by atoms with E-state index in [2.05, 4.69) is 0 Å². The van der Waals surface area contributed by atoms with E-state index in [-0.39, 0.29) is 12.6 Å². The minimum absolute atomic E-state index is 0.107. The van der Waals surface area contributed by atoms with Crippen LogP contribution >= 0.6 is 0 Å². The molecule has 2 aromatic carbocycles. The van der Waals surface area contributed by atoms with E-state index >= 15 is 0 Å². The molecule has 4 heteroatoms. The van der Waals surface area contributed by atoms with Gasteiger partial charge in [0.2, 0.25) is 0 Å². The fourth-order valence-electron chi connectivity index (χ4n) is 2.36. The lowest BCUT2D eigenvalue weighted by Gasteiger charge is -2.16. The molecular formula is C19H25NO3. The van der Waals surface area contributed by atoms with E-state index in [1.165, 1.54) is 0 Å². The summed E-state index contributed by atoms with van der Waals surface area (Å²) >= 11 is 0. The number of aliphatic hydroxyl groups excluding tert-OH is 1. The molecule has 0 aromatic heterocycles. The van der Waals surface area contributed by atoms with Crippen molar-refractivity contribution in [3.8, 4) is 11.5 Å². The smallest absolute Gasteiger partial charge is 0.161 e. The number of benzene rings is 2. The Hall–Kier alpha value is -2.04. The van der Waals surface area contributed by atoms with Gasteiger partial charge in [-0.25, -0.2) is 0 Å². The van der Waals surface area contributed by atoms with Crippen LogP contribution in [-0.2, 0) is 6.61 Å². The maximum absolute atomic E-state index is 8.92.